The summed E-state index contributed by atoms with van der Waals surface area (Å²) < 4.78 is 9.44. The second kappa shape index (κ2) is 8.29. The Labute approximate surface area is 178 Å². The molecular weight excluding hydrogens is 378 g/mol. The number of pyridine rings is 1. The Morgan fingerprint density at radius 3 is 2.67 bits per heavy atom. The number of methoxy groups -OCH3 is 1. The second-order valence-electron chi connectivity index (χ2n) is 9.43. The van der Waals surface area contributed by atoms with E-state index in [2.05, 4.69) is 37.8 Å². The third-order valence-corrected chi connectivity index (χ3v) is 7.19. The number of nitrogens with zero attached hydrogens (tertiary/aromatic N) is 5. The molecule has 7 heteroatoms. The van der Waals surface area contributed by atoms with E-state index >= 15 is 0 Å². The first-order valence-corrected chi connectivity index (χ1v) is 11.3. The molecule has 5 rings (SSSR count). The number of fused-ring (bicyclic) bond motifs is 4. The maximum Gasteiger partial charge on any atom is 0.255 e. The Bertz CT molecular complexity index is 943. The third-order valence-electron chi connectivity index (χ3n) is 7.19. The summed E-state index contributed by atoms with van der Waals surface area (Å²) in [5.41, 5.74) is 3.68. The number of hydrogen-bond acceptors (Lipinski definition) is 5. The zero-order chi connectivity index (χ0) is 20.7. The molecule has 0 spiro atoms. The SMILES string of the molecule is COC1CCN(Cc2ccc3n(c2=O)C[C@H]2C[C@@H]3CN(Cc3cnn(C)c3)C2)CC1. The molecule has 5 heterocycles. The summed E-state index contributed by atoms with van der Waals surface area (Å²) in [6, 6.07) is 4.32. The van der Waals surface area contributed by atoms with Gasteiger partial charge >= 0.3 is 0 Å². The van der Waals surface area contributed by atoms with Gasteiger partial charge in [-0.25, -0.2) is 0 Å². The molecule has 0 aromatic carbocycles. The fraction of sp³-hybridized carbons (Fsp3) is 0.652. The number of aromatic nitrogens is 3. The Kier molecular flexibility index (Phi) is 5.52. The third kappa shape index (κ3) is 3.98. The van der Waals surface area contributed by atoms with E-state index in [1.807, 2.05) is 17.9 Å². The van der Waals surface area contributed by atoms with Crippen LogP contribution in [0.25, 0.3) is 0 Å². The summed E-state index contributed by atoms with van der Waals surface area (Å²) >= 11 is 0. The number of rotatable bonds is 5. The fourth-order valence-electron chi connectivity index (χ4n) is 5.70. The molecular formula is C23H33N5O2. The Hall–Kier alpha value is -1.96. The van der Waals surface area contributed by atoms with Crippen molar-refractivity contribution in [2.24, 2.45) is 13.0 Å². The predicted octanol–water partition coefficient (Wildman–Crippen LogP) is 1.81. The van der Waals surface area contributed by atoms with E-state index in [1.165, 1.54) is 17.7 Å². The lowest BCUT2D eigenvalue weighted by Gasteiger charge is -2.43. The van der Waals surface area contributed by atoms with Crippen LogP contribution < -0.4 is 5.56 Å². The van der Waals surface area contributed by atoms with Gasteiger partial charge in [0.15, 0.2) is 0 Å². The van der Waals surface area contributed by atoms with Crippen molar-refractivity contribution in [2.75, 3.05) is 33.3 Å². The van der Waals surface area contributed by atoms with E-state index in [4.69, 9.17) is 4.74 Å². The lowest BCUT2D eigenvalue weighted by Crippen LogP contribution is -2.47. The van der Waals surface area contributed by atoms with Crippen LogP contribution >= 0.6 is 0 Å². The van der Waals surface area contributed by atoms with Gasteiger partial charge in [0.05, 0.1) is 12.3 Å². The van der Waals surface area contributed by atoms with Crippen molar-refractivity contribution in [1.82, 2.24) is 24.1 Å². The minimum absolute atomic E-state index is 0.233. The van der Waals surface area contributed by atoms with Crippen molar-refractivity contribution in [2.45, 2.75) is 50.9 Å². The molecule has 2 fully saturated rings. The molecule has 0 amide bonds. The first kappa shape index (κ1) is 20.0. The second-order valence-corrected chi connectivity index (χ2v) is 9.43. The van der Waals surface area contributed by atoms with Gasteiger partial charge in [-0.05, 0) is 31.2 Å². The van der Waals surface area contributed by atoms with Crippen molar-refractivity contribution in [1.29, 1.82) is 0 Å². The molecule has 0 N–H and O–H groups in total. The van der Waals surface area contributed by atoms with Crippen molar-refractivity contribution >= 4 is 0 Å². The van der Waals surface area contributed by atoms with Crippen LogP contribution in [0, 0.1) is 5.92 Å². The lowest BCUT2D eigenvalue weighted by molar-refractivity contribution is 0.0386. The van der Waals surface area contributed by atoms with Crippen molar-refractivity contribution in [3.05, 3.63) is 51.7 Å². The van der Waals surface area contributed by atoms with E-state index in [0.29, 0.717) is 17.9 Å². The highest BCUT2D eigenvalue weighted by molar-refractivity contribution is 5.22. The quantitative estimate of drug-likeness (QED) is 0.751. The van der Waals surface area contributed by atoms with E-state index in [9.17, 15) is 4.79 Å². The van der Waals surface area contributed by atoms with Gasteiger partial charge < -0.3 is 9.30 Å². The van der Waals surface area contributed by atoms with Crippen LogP contribution in [0.1, 0.15) is 42.0 Å². The van der Waals surface area contributed by atoms with Crippen molar-refractivity contribution < 1.29 is 4.74 Å². The largest absolute Gasteiger partial charge is 0.381 e. The van der Waals surface area contributed by atoms with Gasteiger partial charge in [0.2, 0.25) is 0 Å². The monoisotopic (exact) mass is 411 g/mol. The summed E-state index contributed by atoms with van der Waals surface area (Å²) in [4.78, 5) is 18.2. The minimum atomic E-state index is 0.233. The van der Waals surface area contributed by atoms with Crippen LogP contribution in [-0.4, -0.2) is 63.5 Å². The highest BCUT2D eigenvalue weighted by atomic mass is 16.5. The molecule has 3 aliphatic heterocycles. The predicted molar refractivity (Wildman–Crippen MR) is 115 cm³/mol. The maximum absolute atomic E-state index is 13.3. The highest BCUT2D eigenvalue weighted by Crippen LogP contribution is 2.35. The Morgan fingerprint density at radius 1 is 1.10 bits per heavy atom. The standard InChI is InChI=1S/C23H33N5O2/c1-25-11-18(10-24-25)13-27-12-17-9-20(16-27)22-4-3-19(23(29)28(22)14-17)15-26-7-5-21(30-2)6-8-26/h3-4,10-11,17,20-21H,5-9,12-16H2,1-2H3/t17-,20+/m0/s1. The van der Waals surface area contributed by atoms with Gasteiger partial charge in [-0.2, -0.15) is 5.10 Å². The van der Waals surface area contributed by atoms with Gasteiger partial charge in [-0.3, -0.25) is 19.3 Å². The Morgan fingerprint density at radius 2 is 1.93 bits per heavy atom. The zero-order valence-electron chi connectivity index (χ0n) is 18.2. The van der Waals surface area contributed by atoms with E-state index in [0.717, 1.165) is 64.2 Å². The van der Waals surface area contributed by atoms with Gasteiger partial charge in [0.25, 0.3) is 5.56 Å². The molecule has 0 saturated carbocycles. The summed E-state index contributed by atoms with van der Waals surface area (Å²) in [5, 5.41) is 4.30. The topological polar surface area (TPSA) is 55.5 Å². The first-order chi connectivity index (χ1) is 14.6. The molecule has 0 unspecified atom stereocenters. The van der Waals surface area contributed by atoms with Crippen LogP contribution in [0.5, 0.6) is 0 Å². The van der Waals surface area contributed by atoms with Crippen LogP contribution in [0.2, 0.25) is 0 Å². The molecule has 3 aliphatic rings. The Balaban J connectivity index is 1.29. The number of aryl methyl sites for hydroxylation is 1. The van der Waals surface area contributed by atoms with Crippen molar-refractivity contribution in [3.8, 4) is 0 Å². The molecule has 0 aliphatic carbocycles. The average Bonchev–Trinajstić information content (AvgIpc) is 3.15. The maximum atomic E-state index is 13.3. The average molecular weight is 412 g/mol. The lowest BCUT2D eigenvalue weighted by atomic mass is 9.83. The van der Waals surface area contributed by atoms with Crippen LogP contribution in [0.15, 0.2) is 29.3 Å². The minimum Gasteiger partial charge on any atom is -0.381 e. The number of likely N-dealkylation sites (tertiary alicyclic amines) is 2. The first-order valence-electron chi connectivity index (χ1n) is 11.3. The van der Waals surface area contributed by atoms with Crippen LogP contribution in [0.4, 0.5) is 0 Å². The van der Waals surface area contributed by atoms with E-state index < -0.39 is 0 Å². The van der Waals surface area contributed by atoms with E-state index in [-0.39, 0.29) is 5.56 Å². The highest BCUT2D eigenvalue weighted by Gasteiger charge is 2.35. The van der Waals surface area contributed by atoms with Crippen molar-refractivity contribution in [3.63, 3.8) is 0 Å². The number of ether oxygens (including phenoxy) is 1. The molecule has 2 saturated heterocycles. The van der Waals surface area contributed by atoms with Gasteiger partial charge in [0.1, 0.15) is 0 Å². The molecule has 2 bridgehead atoms. The molecule has 7 nitrogen and oxygen atoms in total. The smallest absolute Gasteiger partial charge is 0.255 e. The normalized spacial score (nSPS) is 25.4. The van der Waals surface area contributed by atoms with Crippen LogP contribution in [-0.2, 0) is 31.4 Å². The summed E-state index contributed by atoms with van der Waals surface area (Å²) in [5.74, 6) is 1.01. The van der Waals surface area contributed by atoms with Crippen LogP contribution in [0.3, 0.4) is 0 Å². The molecule has 2 aromatic rings. The molecule has 0 radical (unpaired) electrons. The molecule has 2 aromatic heterocycles. The number of piperidine rings is 2. The fourth-order valence-corrected chi connectivity index (χ4v) is 5.70. The number of hydrogen-bond donors (Lipinski definition) is 0. The molecule has 30 heavy (non-hydrogen) atoms. The van der Waals surface area contributed by atoms with E-state index in [1.54, 1.807) is 7.11 Å². The molecule has 162 valence electrons. The summed E-state index contributed by atoms with van der Waals surface area (Å²) in [7, 11) is 3.76. The van der Waals surface area contributed by atoms with Gasteiger partial charge in [-0.1, -0.05) is 6.07 Å². The summed E-state index contributed by atoms with van der Waals surface area (Å²) in [6.07, 6.45) is 7.75. The zero-order valence-corrected chi connectivity index (χ0v) is 18.2. The summed E-state index contributed by atoms with van der Waals surface area (Å²) in [6.45, 7) is 6.66. The molecule has 2 atom stereocenters. The van der Waals surface area contributed by atoms with Gasteiger partial charge in [0, 0.05) is 88.9 Å². The van der Waals surface area contributed by atoms with Gasteiger partial charge in [-0.15, -0.1) is 0 Å².